The van der Waals surface area contributed by atoms with Crippen molar-refractivity contribution in [1.82, 2.24) is 10.2 Å². The summed E-state index contributed by atoms with van der Waals surface area (Å²) in [6, 6.07) is 15.4. The number of carbonyl (C=O) groups is 1. The Morgan fingerprint density at radius 2 is 1.88 bits per heavy atom. The van der Waals surface area contributed by atoms with E-state index in [4.69, 9.17) is 5.73 Å². The quantitative estimate of drug-likeness (QED) is 0.403. The van der Waals surface area contributed by atoms with Crippen molar-refractivity contribution in [2.75, 3.05) is 0 Å². The van der Waals surface area contributed by atoms with Gasteiger partial charge in [0, 0.05) is 24.8 Å². The molecule has 0 saturated carbocycles. The molecule has 0 aliphatic carbocycles. The van der Waals surface area contributed by atoms with Crippen LogP contribution in [0.2, 0.25) is 0 Å². The zero-order chi connectivity index (χ0) is 18.5. The molecule has 8 heteroatoms. The summed E-state index contributed by atoms with van der Waals surface area (Å²) in [4.78, 5) is 26.3. The average Bonchev–Trinajstić information content (AvgIpc) is 3.04. The largest absolute Gasteiger partial charge is 0.365 e. The molecule has 0 saturated heterocycles. The summed E-state index contributed by atoms with van der Waals surface area (Å²) in [6.45, 7) is 0. The van der Waals surface area contributed by atoms with Gasteiger partial charge in [-0.3, -0.25) is 20.0 Å². The van der Waals surface area contributed by atoms with E-state index in [1.54, 1.807) is 18.3 Å². The van der Waals surface area contributed by atoms with Crippen molar-refractivity contribution in [3.63, 3.8) is 0 Å². The number of nitrogens with two attached hydrogens (primary N) is 1. The molecule has 0 atom stereocenters. The Morgan fingerprint density at radius 1 is 1.19 bits per heavy atom. The van der Waals surface area contributed by atoms with Crippen molar-refractivity contribution >= 4 is 23.6 Å². The molecule has 0 fully saturated rings. The van der Waals surface area contributed by atoms with Crippen molar-refractivity contribution < 1.29 is 9.72 Å². The van der Waals surface area contributed by atoms with E-state index in [9.17, 15) is 14.9 Å². The van der Waals surface area contributed by atoms with Crippen LogP contribution in [0, 0.1) is 10.1 Å². The fraction of sp³-hybridized carbons (Fsp3) is 0.0556. The highest BCUT2D eigenvalue weighted by molar-refractivity contribution is 5.99. The van der Waals surface area contributed by atoms with Crippen LogP contribution in [-0.4, -0.2) is 27.2 Å². The monoisotopic (exact) mass is 349 g/mol. The number of nitro benzene ring substituents is 1. The van der Waals surface area contributed by atoms with Gasteiger partial charge in [0.2, 0.25) is 0 Å². The number of amides is 1. The van der Waals surface area contributed by atoms with Gasteiger partial charge in [-0.25, -0.2) is 4.99 Å². The van der Waals surface area contributed by atoms with E-state index in [1.165, 1.54) is 12.1 Å². The van der Waals surface area contributed by atoms with Gasteiger partial charge in [0.1, 0.15) is 5.56 Å². The van der Waals surface area contributed by atoms with Crippen LogP contribution in [0.25, 0.3) is 0 Å². The standard InChI is InChI=1S/C18H15N5O3/c19-17(24)16-15(10-12-6-8-14(9-7-12)23(25)26)21-22-18(16)20-11-13-4-2-1-3-5-13/h1-9,11H,10H2,(H2,19,24)(H,21,22). The molecular weight excluding hydrogens is 334 g/mol. The maximum atomic E-state index is 11.8. The zero-order valence-corrected chi connectivity index (χ0v) is 13.6. The third-order valence-electron chi connectivity index (χ3n) is 3.73. The van der Waals surface area contributed by atoms with Gasteiger partial charge in [-0.15, -0.1) is 0 Å². The van der Waals surface area contributed by atoms with Crippen LogP contribution in [0.5, 0.6) is 0 Å². The number of hydrogen-bond acceptors (Lipinski definition) is 5. The molecule has 0 unspecified atom stereocenters. The van der Waals surface area contributed by atoms with Crippen molar-refractivity contribution in [2.24, 2.45) is 10.7 Å². The SMILES string of the molecule is NC(=O)c1c(N=Cc2ccccc2)n[nH]c1Cc1ccc([N+](=O)[O-])cc1. The molecule has 0 aliphatic rings. The van der Waals surface area contributed by atoms with E-state index < -0.39 is 10.8 Å². The number of carbonyl (C=O) groups excluding carboxylic acids is 1. The molecule has 26 heavy (non-hydrogen) atoms. The Labute approximate surface area is 148 Å². The summed E-state index contributed by atoms with van der Waals surface area (Å²) in [6.07, 6.45) is 1.92. The van der Waals surface area contributed by atoms with E-state index in [0.717, 1.165) is 11.1 Å². The summed E-state index contributed by atoms with van der Waals surface area (Å²) in [5.41, 5.74) is 7.84. The van der Waals surface area contributed by atoms with Gasteiger partial charge in [0.15, 0.2) is 5.82 Å². The van der Waals surface area contributed by atoms with Gasteiger partial charge in [0.25, 0.3) is 11.6 Å². The molecule has 1 heterocycles. The number of nitro groups is 1. The Balaban J connectivity index is 1.86. The summed E-state index contributed by atoms with van der Waals surface area (Å²) >= 11 is 0. The summed E-state index contributed by atoms with van der Waals surface area (Å²) in [7, 11) is 0. The maximum absolute atomic E-state index is 11.8. The van der Waals surface area contributed by atoms with Crippen LogP contribution in [0.15, 0.2) is 59.6 Å². The molecule has 3 rings (SSSR count). The maximum Gasteiger partial charge on any atom is 0.269 e. The first-order chi connectivity index (χ1) is 12.5. The molecule has 2 aromatic carbocycles. The molecule has 3 N–H and O–H groups in total. The number of benzene rings is 2. The molecule has 130 valence electrons. The number of primary amides is 1. The summed E-state index contributed by atoms with van der Waals surface area (Å²) in [5, 5.41) is 17.6. The number of non-ortho nitro benzene ring substituents is 1. The van der Waals surface area contributed by atoms with Gasteiger partial charge in [-0.1, -0.05) is 42.5 Å². The van der Waals surface area contributed by atoms with E-state index in [-0.39, 0.29) is 17.1 Å². The second kappa shape index (κ2) is 7.39. The number of nitrogens with one attached hydrogen (secondary N) is 1. The topological polar surface area (TPSA) is 127 Å². The minimum atomic E-state index is -0.643. The third kappa shape index (κ3) is 3.81. The molecule has 0 radical (unpaired) electrons. The van der Waals surface area contributed by atoms with Crippen LogP contribution >= 0.6 is 0 Å². The van der Waals surface area contributed by atoms with Crippen LogP contribution in [0.4, 0.5) is 11.5 Å². The first-order valence-electron chi connectivity index (χ1n) is 7.74. The normalized spacial score (nSPS) is 10.9. The lowest BCUT2D eigenvalue weighted by Crippen LogP contribution is -2.13. The average molecular weight is 349 g/mol. The van der Waals surface area contributed by atoms with E-state index in [2.05, 4.69) is 15.2 Å². The number of aliphatic imine (C=N–C) groups is 1. The minimum Gasteiger partial charge on any atom is -0.365 e. The summed E-state index contributed by atoms with van der Waals surface area (Å²) in [5.74, 6) is -0.436. The van der Waals surface area contributed by atoms with Crippen molar-refractivity contribution in [3.05, 3.63) is 87.1 Å². The third-order valence-corrected chi connectivity index (χ3v) is 3.73. The highest BCUT2D eigenvalue weighted by atomic mass is 16.6. The molecule has 1 aromatic heterocycles. The molecule has 0 bridgehead atoms. The van der Waals surface area contributed by atoms with Crippen LogP contribution in [0.1, 0.15) is 27.2 Å². The molecule has 8 nitrogen and oxygen atoms in total. The molecule has 0 spiro atoms. The highest BCUT2D eigenvalue weighted by Gasteiger charge is 2.18. The lowest BCUT2D eigenvalue weighted by molar-refractivity contribution is -0.384. The van der Waals surface area contributed by atoms with Gasteiger partial charge >= 0.3 is 0 Å². The Kier molecular flexibility index (Phi) is 4.84. The number of hydrogen-bond donors (Lipinski definition) is 2. The lowest BCUT2D eigenvalue weighted by atomic mass is 10.1. The van der Waals surface area contributed by atoms with Gasteiger partial charge in [-0.05, 0) is 11.1 Å². The second-order valence-electron chi connectivity index (χ2n) is 5.53. The smallest absolute Gasteiger partial charge is 0.269 e. The van der Waals surface area contributed by atoms with E-state index in [1.807, 2.05) is 30.3 Å². The van der Waals surface area contributed by atoms with Crippen molar-refractivity contribution in [1.29, 1.82) is 0 Å². The van der Waals surface area contributed by atoms with Gasteiger partial charge < -0.3 is 5.73 Å². The summed E-state index contributed by atoms with van der Waals surface area (Å²) < 4.78 is 0. The van der Waals surface area contributed by atoms with Gasteiger partial charge in [0.05, 0.1) is 10.6 Å². The number of rotatable bonds is 6. The Bertz CT molecular complexity index is 962. The van der Waals surface area contributed by atoms with Crippen molar-refractivity contribution in [3.8, 4) is 0 Å². The van der Waals surface area contributed by atoms with Crippen LogP contribution < -0.4 is 5.73 Å². The van der Waals surface area contributed by atoms with Crippen LogP contribution in [0.3, 0.4) is 0 Å². The molecule has 1 amide bonds. The fourth-order valence-corrected chi connectivity index (χ4v) is 2.46. The number of nitrogens with zero attached hydrogens (tertiary/aromatic N) is 3. The predicted molar refractivity (Wildman–Crippen MR) is 96.7 cm³/mol. The minimum absolute atomic E-state index is 0.00151. The van der Waals surface area contributed by atoms with Crippen LogP contribution in [-0.2, 0) is 6.42 Å². The second-order valence-corrected chi connectivity index (χ2v) is 5.53. The zero-order valence-electron chi connectivity index (χ0n) is 13.6. The van der Waals surface area contributed by atoms with Crippen molar-refractivity contribution in [2.45, 2.75) is 6.42 Å². The van der Waals surface area contributed by atoms with Gasteiger partial charge in [-0.2, -0.15) is 5.10 Å². The fourth-order valence-electron chi connectivity index (χ4n) is 2.46. The molecule has 3 aromatic rings. The first-order valence-corrected chi connectivity index (χ1v) is 7.74. The molecule has 0 aliphatic heterocycles. The Morgan fingerprint density at radius 3 is 2.50 bits per heavy atom. The predicted octanol–water partition coefficient (Wildman–Crippen LogP) is 2.76. The first kappa shape index (κ1) is 17.0. The lowest BCUT2D eigenvalue weighted by Gasteiger charge is -2.01. The number of H-pyrrole nitrogens is 1. The number of aromatic amines is 1. The highest BCUT2D eigenvalue weighted by Crippen LogP contribution is 2.22. The molecular formula is C18H15N5O3. The van der Waals surface area contributed by atoms with E-state index >= 15 is 0 Å². The van der Waals surface area contributed by atoms with E-state index in [0.29, 0.717) is 12.1 Å². The Hall–Kier alpha value is -3.81. The number of aromatic nitrogens is 2.